The maximum Gasteiger partial charge on any atom is 0.225 e. The van der Waals surface area contributed by atoms with Crippen molar-refractivity contribution in [1.29, 1.82) is 0 Å². The molecule has 0 aliphatic heterocycles. The van der Waals surface area contributed by atoms with Crippen LogP contribution in [0.2, 0.25) is 0 Å². The Labute approximate surface area is 124 Å². The largest absolute Gasteiger partial charge is 0.383 e. The minimum absolute atomic E-state index is 0.355. The Morgan fingerprint density at radius 1 is 1.40 bits per heavy atom. The third kappa shape index (κ3) is 3.02. The van der Waals surface area contributed by atoms with Crippen molar-refractivity contribution in [2.75, 3.05) is 37.5 Å². The minimum atomic E-state index is 0.355. The van der Waals surface area contributed by atoms with Crippen LogP contribution in [0.5, 0.6) is 0 Å². The SMILES string of the molecule is CNc1nc(N(CCOC)C(C)C)c2cc(C)sc2n1. The second-order valence-corrected chi connectivity index (χ2v) is 6.21. The molecule has 0 bridgehead atoms. The van der Waals surface area contributed by atoms with Gasteiger partial charge in [0.2, 0.25) is 5.95 Å². The third-order valence-electron chi connectivity index (χ3n) is 3.15. The van der Waals surface area contributed by atoms with Gasteiger partial charge in [-0.05, 0) is 26.8 Å². The smallest absolute Gasteiger partial charge is 0.225 e. The predicted molar refractivity (Wildman–Crippen MR) is 86.1 cm³/mol. The number of nitrogens with zero attached hydrogens (tertiary/aromatic N) is 3. The van der Waals surface area contributed by atoms with Crippen LogP contribution < -0.4 is 10.2 Å². The molecule has 2 aromatic heterocycles. The van der Waals surface area contributed by atoms with Crippen molar-refractivity contribution >= 4 is 33.3 Å². The van der Waals surface area contributed by atoms with Gasteiger partial charge in [0.15, 0.2) is 0 Å². The minimum Gasteiger partial charge on any atom is -0.383 e. The molecule has 0 aromatic carbocycles. The van der Waals surface area contributed by atoms with Gasteiger partial charge in [-0.3, -0.25) is 0 Å². The summed E-state index contributed by atoms with van der Waals surface area (Å²) in [5.41, 5.74) is 0. The van der Waals surface area contributed by atoms with Gasteiger partial charge in [-0.1, -0.05) is 0 Å². The molecule has 5 nitrogen and oxygen atoms in total. The number of fused-ring (bicyclic) bond motifs is 1. The highest BCUT2D eigenvalue weighted by atomic mass is 32.1. The van der Waals surface area contributed by atoms with Crippen molar-refractivity contribution in [2.24, 2.45) is 0 Å². The van der Waals surface area contributed by atoms with Crippen LogP contribution in [0.4, 0.5) is 11.8 Å². The number of ether oxygens (including phenoxy) is 1. The van der Waals surface area contributed by atoms with Crippen LogP contribution in [0.15, 0.2) is 6.07 Å². The highest BCUT2D eigenvalue weighted by molar-refractivity contribution is 7.18. The van der Waals surface area contributed by atoms with E-state index in [1.165, 1.54) is 4.88 Å². The van der Waals surface area contributed by atoms with Gasteiger partial charge in [0.1, 0.15) is 10.6 Å². The number of anilines is 2. The van der Waals surface area contributed by atoms with E-state index in [2.05, 4.69) is 47.0 Å². The fourth-order valence-electron chi connectivity index (χ4n) is 2.16. The van der Waals surface area contributed by atoms with Crippen LogP contribution >= 0.6 is 11.3 Å². The molecule has 0 atom stereocenters. The zero-order valence-corrected chi connectivity index (χ0v) is 13.5. The van der Waals surface area contributed by atoms with Crippen LogP contribution in [0.3, 0.4) is 0 Å². The first-order valence-electron chi connectivity index (χ1n) is 6.78. The van der Waals surface area contributed by atoms with Gasteiger partial charge in [0.05, 0.1) is 12.0 Å². The third-order valence-corrected chi connectivity index (χ3v) is 4.10. The van der Waals surface area contributed by atoms with Crippen molar-refractivity contribution in [3.8, 4) is 0 Å². The average molecular weight is 294 g/mol. The normalized spacial score (nSPS) is 11.3. The Balaban J connectivity index is 2.53. The number of thiophene rings is 1. The summed E-state index contributed by atoms with van der Waals surface area (Å²) >= 11 is 1.70. The molecular weight excluding hydrogens is 272 g/mol. The molecule has 0 spiro atoms. The first kappa shape index (κ1) is 15.0. The summed E-state index contributed by atoms with van der Waals surface area (Å²) < 4.78 is 5.22. The zero-order chi connectivity index (χ0) is 14.7. The summed E-state index contributed by atoms with van der Waals surface area (Å²) in [4.78, 5) is 13.7. The summed E-state index contributed by atoms with van der Waals surface area (Å²) in [5, 5.41) is 4.17. The number of aromatic nitrogens is 2. The number of nitrogens with one attached hydrogen (secondary N) is 1. The molecule has 0 radical (unpaired) electrons. The predicted octanol–water partition coefficient (Wildman–Crippen LogP) is 2.90. The Bertz CT molecular complexity index is 582. The molecule has 0 aliphatic rings. The fraction of sp³-hybridized carbons (Fsp3) is 0.571. The zero-order valence-electron chi connectivity index (χ0n) is 12.7. The molecule has 0 aliphatic carbocycles. The second kappa shape index (κ2) is 6.37. The lowest BCUT2D eigenvalue weighted by molar-refractivity contribution is 0.203. The van der Waals surface area contributed by atoms with Crippen LogP contribution in [0, 0.1) is 6.92 Å². The van der Waals surface area contributed by atoms with Gasteiger partial charge in [0, 0.05) is 31.6 Å². The van der Waals surface area contributed by atoms with Crippen LogP contribution in [-0.2, 0) is 4.74 Å². The Kier molecular flexibility index (Phi) is 4.77. The molecule has 2 aromatic rings. The van der Waals surface area contributed by atoms with Gasteiger partial charge < -0.3 is 15.0 Å². The van der Waals surface area contributed by atoms with E-state index >= 15 is 0 Å². The van der Waals surface area contributed by atoms with E-state index in [4.69, 9.17) is 4.74 Å². The lowest BCUT2D eigenvalue weighted by Gasteiger charge is -2.28. The number of rotatable bonds is 6. The van der Waals surface area contributed by atoms with Crippen LogP contribution in [0.25, 0.3) is 10.2 Å². The van der Waals surface area contributed by atoms with E-state index in [0.717, 1.165) is 22.6 Å². The quantitative estimate of drug-likeness (QED) is 0.887. The molecule has 0 saturated heterocycles. The van der Waals surface area contributed by atoms with Crippen LogP contribution in [0.1, 0.15) is 18.7 Å². The topological polar surface area (TPSA) is 50.3 Å². The summed E-state index contributed by atoms with van der Waals surface area (Å²) in [6.45, 7) is 7.94. The summed E-state index contributed by atoms with van der Waals surface area (Å²) in [5.74, 6) is 1.65. The van der Waals surface area contributed by atoms with E-state index < -0.39 is 0 Å². The molecule has 0 amide bonds. The molecular formula is C14H22N4OS. The van der Waals surface area contributed by atoms with Gasteiger partial charge in [0.25, 0.3) is 0 Å². The average Bonchev–Trinajstić information content (AvgIpc) is 2.78. The van der Waals surface area contributed by atoms with E-state index in [9.17, 15) is 0 Å². The Morgan fingerprint density at radius 3 is 2.75 bits per heavy atom. The fourth-order valence-corrected chi connectivity index (χ4v) is 3.03. The first-order chi connectivity index (χ1) is 9.56. The molecule has 6 heteroatoms. The van der Waals surface area contributed by atoms with Gasteiger partial charge in [-0.2, -0.15) is 4.98 Å². The number of hydrogen-bond acceptors (Lipinski definition) is 6. The molecule has 2 rings (SSSR count). The first-order valence-corrected chi connectivity index (χ1v) is 7.60. The summed E-state index contributed by atoms with van der Waals surface area (Å²) in [7, 11) is 3.57. The highest BCUT2D eigenvalue weighted by Gasteiger charge is 2.18. The van der Waals surface area contributed by atoms with Crippen molar-refractivity contribution in [3.05, 3.63) is 10.9 Å². The molecule has 2 heterocycles. The summed E-state index contributed by atoms with van der Waals surface area (Å²) in [6.07, 6.45) is 0. The molecule has 0 fully saturated rings. The van der Waals surface area contributed by atoms with Gasteiger partial charge in [-0.25, -0.2) is 4.98 Å². The van der Waals surface area contributed by atoms with Gasteiger partial charge >= 0.3 is 0 Å². The van der Waals surface area contributed by atoms with Crippen molar-refractivity contribution in [3.63, 3.8) is 0 Å². The van der Waals surface area contributed by atoms with E-state index in [0.29, 0.717) is 18.6 Å². The Morgan fingerprint density at radius 2 is 2.15 bits per heavy atom. The molecule has 1 N–H and O–H groups in total. The van der Waals surface area contributed by atoms with E-state index in [1.54, 1.807) is 18.4 Å². The maximum absolute atomic E-state index is 5.22. The monoisotopic (exact) mass is 294 g/mol. The summed E-state index contributed by atoms with van der Waals surface area (Å²) in [6, 6.07) is 2.52. The lowest BCUT2D eigenvalue weighted by Crippen LogP contribution is -2.34. The highest BCUT2D eigenvalue weighted by Crippen LogP contribution is 2.32. The lowest BCUT2D eigenvalue weighted by atomic mass is 10.2. The number of hydrogen-bond donors (Lipinski definition) is 1. The number of methoxy groups -OCH3 is 1. The molecule has 110 valence electrons. The maximum atomic E-state index is 5.22. The van der Waals surface area contributed by atoms with E-state index in [-0.39, 0.29) is 0 Å². The van der Waals surface area contributed by atoms with Gasteiger partial charge in [-0.15, -0.1) is 11.3 Å². The molecule has 0 unspecified atom stereocenters. The van der Waals surface area contributed by atoms with Crippen molar-refractivity contribution < 1.29 is 4.74 Å². The van der Waals surface area contributed by atoms with Crippen molar-refractivity contribution in [1.82, 2.24) is 9.97 Å². The van der Waals surface area contributed by atoms with E-state index in [1.807, 2.05) is 7.05 Å². The van der Waals surface area contributed by atoms with Crippen molar-refractivity contribution in [2.45, 2.75) is 26.8 Å². The second-order valence-electron chi connectivity index (χ2n) is 4.98. The number of aryl methyl sites for hydroxylation is 1. The van der Waals surface area contributed by atoms with Crippen LogP contribution in [-0.4, -0.2) is 43.3 Å². The standard InChI is InChI=1S/C14H22N4OS/c1-9(2)18(6-7-19-5)12-11-8-10(3)20-13(11)17-14(15-4)16-12/h8-9H,6-7H2,1-5H3,(H,15,16,17). The molecule has 20 heavy (non-hydrogen) atoms. The molecule has 0 saturated carbocycles. The Hall–Kier alpha value is -1.40.